The molecule has 0 amide bonds. The highest BCUT2D eigenvalue weighted by Crippen LogP contribution is 2.37. The third kappa shape index (κ3) is 3.36. The summed E-state index contributed by atoms with van der Waals surface area (Å²) in [6.45, 7) is 0. The van der Waals surface area contributed by atoms with E-state index in [0.717, 1.165) is 0 Å². The molecule has 1 aromatic rings. The number of phenols is 1. The molecule has 0 saturated heterocycles. The predicted molar refractivity (Wildman–Crippen MR) is 74.6 cm³/mol. The summed E-state index contributed by atoms with van der Waals surface area (Å²) in [5.41, 5.74) is 0. The zero-order valence-electron chi connectivity index (χ0n) is 7.36. The molecule has 0 aliphatic rings. The molecule has 0 aliphatic carbocycles. The molecular weight excluding hydrogens is 491 g/mol. The maximum absolute atomic E-state index is 13.1. The van der Waals surface area contributed by atoms with Gasteiger partial charge in [-0.1, -0.05) is 23.2 Å². The fraction of sp³-hybridized carbons (Fsp3) is 0.250. The van der Waals surface area contributed by atoms with Crippen LogP contribution in [0.2, 0.25) is 0 Å². The Morgan fingerprint density at radius 3 is 2.38 bits per heavy atom. The lowest BCUT2D eigenvalue weighted by Gasteiger charge is -2.19. The minimum atomic E-state index is -3.71. The number of rotatable bonds is 3. The second-order valence-corrected chi connectivity index (χ2v) is 6.01. The highest BCUT2D eigenvalue weighted by molar-refractivity contribution is 14.1. The van der Waals surface area contributed by atoms with Gasteiger partial charge in [0.25, 0.3) is 0 Å². The molecule has 0 bridgehead atoms. The Labute approximate surface area is 128 Å². The molecule has 1 aromatic carbocycles. The number of hydrogen-bond donors (Lipinski definition) is 1. The quantitative estimate of drug-likeness (QED) is 0.499. The molecule has 0 aliphatic heterocycles. The van der Waals surface area contributed by atoms with Gasteiger partial charge in [0.15, 0.2) is 0 Å². The first-order valence-corrected chi connectivity index (χ1v) is 6.80. The van der Waals surface area contributed by atoms with E-state index in [-0.39, 0.29) is 15.1 Å². The summed E-state index contributed by atoms with van der Waals surface area (Å²) in [5.74, 6) is -0.287. The molecule has 1 N–H and O–H groups in total. The average Bonchev–Trinajstić information content (AvgIpc) is 2.19. The van der Waals surface area contributed by atoms with Crippen LogP contribution in [0.15, 0.2) is 12.1 Å². The van der Waals surface area contributed by atoms with Crippen molar-refractivity contribution < 1.29 is 18.6 Å². The first kappa shape index (κ1) is 14.8. The van der Waals surface area contributed by atoms with Gasteiger partial charge in [-0.25, -0.2) is 0 Å². The summed E-state index contributed by atoms with van der Waals surface area (Å²) in [6.07, 6.45) is -3.71. The largest absolute Gasteiger partial charge is 0.506 e. The molecular formula is C8H4Cl2F2I2O2. The molecule has 0 heterocycles. The molecule has 16 heavy (non-hydrogen) atoms. The highest BCUT2D eigenvalue weighted by atomic mass is 127. The van der Waals surface area contributed by atoms with Crippen LogP contribution in [0.4, 0.5) is 8.78 Å². The van der Waals surface area contributed by atoms with Crippen molar-refractivity contribution in [2.45, 2.75) is 10.9 Å². The number of hydrogen-bond acceptors (Lipinski definition) is 2. The average molecular weight is 495 g/mol. The van der Waals surface area contributed by atoms with E-state index in [1.165, 1.54) is 12.1 Å². The van der Waals surface area contributed by atoms with Gasteiger partial charge in [0.05, 0.1) is 7.14 Å². The van der Waals surface area contributed by atoms with Gasteiger partial charge in [-0.3, -0.25) is 0 Å². The van der Waals surface area contributed by atoms with Crippen LogP contribution in [0, 0.1) is 7.14 Å². The SMILES string of the molecule is Oc1c(I)ccc(OC(F)(F)C(Cl)Cl)c1I. The zero-order valence-corrected chi connectivity index (χ0v) is 13.2. The van der Waals surface area contributed by atoms with Crippen LogP contribution in [0.5, 0.6) is 11.5 Å². The zero-order chi connectivity index (χ0) is 12.5. The van der Waals surface area contributed by atoms with Crippen molar-refractivity contribution in [1.29, 1.82) is 0 Å². The Morgan fingerprint density at radius 1 is 1.31 bits per heavy atom. The molecule has 0 atom stereocenters. The van der Waals surface area contributed by atoms with Crippen molar-refractivity contribution in [3.63, 3.8) is 0 Å². The van der Waals surface area contributed by atoms with Crippen molar-refractivity contribution in [1.82, 2.24) is 0 Å². The monoisotopic (exact) mass is 494 g/mol. The molecule has 1 rings (SSSR count). The summed E-state index contributed by atoms with van der Waals surface area (Å²) in [4.78, 5) is -1.98. The summed E-state index contributed by atoms with van der Waals surface area (Å²) >= 11 is 13.7. The van der Waals surface area contributed by atoms with E-state index >= 15 is 0 Å². The molecule has 0 fully saturated rings. The number of alkyl halides is 4. The Kier molecular flexibility index (Phi) is 5.15. The lowest BCUT2D eigenvalue weighted by atomic mass is 10.3. The lowest BCUT2D eigenvalue weighted by Crippen LogP contribution is -2.32. The Morgan fingerprint density at radius 2 is 1.88 bits per heavy atom. The summed E-state index contributed by atoms with van der Waals surface area (Å²) in [7, 11) is 0. The van der Waals surface area contributed by atoms with Gasteiger partial charge in [0.2, 0.25) is 4.84 Å². The molecule has 90 valence electrons. The molecule has 2 nitrogen and oxygen atoms in total. The normalized spacial score (nSPS) is 11.9. The number of aromatic hydroxyl groups is 1. The molecule has 0 radical (unpaired) electrons. The van der Waals surface area contributed by atoms with Crippen molar-refractivity contribution in [3.05, 3.63) is 19.3 Å². The highest BCUT2D eigenvalue weighted by Gasteiger charge is 2.40. The van der Waals surface area contributed by atoms with Crippen LogP contribution in [-0.2, 0) is 0 Å². The summed E-state index contributed by atoms with van der Waals surface area (Å²) < 4.78 is 31.2. The van der Waals surface area contributed by atoms with E-state index in [1.54, 1.807) is 22.6 Å². The maximum atomic E-state index is 13.1. The third-order valence-electron chi connectivity index (χ3n) is 1.53. The lowest BCUT2D eigenvalue weighted by molar-refractivity contribution is -0.164. The van der Waals surface area contributed by atoms with Crippen LogP contribution in [0.1, 0.15) is 0 Å². The third-order valence-corrected chi connectivity index (χ3v) is 3.95. The van der Waals surface area contributed by atoms with Crippen molar-refractivity contribution in [2.24, 2.45) is 0 Å². The molecule has 0 aromatic heterocycles. The fourth-order valence-electron chi connectivity index (χ4n) is 0.792. The van der Waals surface area contributed by atoms with Crippen LogP contribution in [0.25, 0.3) is 0 Å². The summed E-state index contributed by atoms with van der Waals surface area (Å²) in [5, 5.41) is 9.52. The number of ether oxygens (including phenoxy) is 1. The molecule has 0 saturated carbocycles. The van der Waals surface area contributed by atoms with Crippen LogP contribution < -0.4 is 4.74 Å². The molecule has 0 spiro atoms. The standard InChI is InChI=1S/C8H4Cl2F2I2O2/c9-7(10)8(11,12)16-4-2-1-3(13)6(15)5(4)14/h1-2,7,15H. The van der Waals surface area contributed by atoms with E-state index in [9.17, 15) is 13.9 Å². The van der Waals surface area contributed by atoms with E-state index in [0.29, 0.717) is 3.57 Å². The van der Waals surface area contributed by atoms with Gasteiger partial charge >= 0.3 is 6.11 Å². The Bertz CT molecular complexity index is 402. The van der Waals surface area contributed by atoms with E-state index in [1.807, 2.05) is 22.6 Å². The number of benzene rings is 1. The van der Waals surface area contributed by atoms with Crippen LogP contribution in [-0.4, -0.2) is 16.1 Å². The van der Waals surface area contributed by atoms with E-state index in [2.05, 4.69) is 4.74 Å². The van der Waals surface area contributed by atoms with E-state index in [4.69, 9.17) is 23.2 Å². The van der Waals surface area contributed by atoms with Crippen LogP contribution >= 0.6 is 68.4 Å². The first-order chi connectivity index (χ1) is 7.25. The topological polar surface area (TPSA) is 29.5 Å². The predicted octanol–water partition coefficient (Wildman–Crippen LogP) is 4.38. The number of halogens is 6. The molecule has 0 unspecified atom stereocenters. The van der Waals surface area contributed by atoms with Gasteiger partial charge < -0.3 is 9.84 Å². The maximum Gasteiger partial charge on any atom is 0.428 e. The Hall–Kier alpha value is 0.720. The molecule has 8 heteroatoms. The second-order valence-electron chi connectivity index (χ2n) is 2.67. The van der Waals surface area contributed by atoms with Gasteiger partial charge in [-0.15, -0.1) is 0 Å². The van der Waals surface area contributed by atoms with Gasteiger partial charge in [-0.2, -0.15) is 8.78 Å². The van der Waals surface area contributed by atoms with Crippen LogP contribution in [0.3, 0.4) is 0 Å². The minimum absolute atomic E-state index is 0.116. The van der Waals surface area contributed by atoms with Crippen molar-refractivity contribution in [2.75, 3.05) is 0 Å². The smallest absolute Gasteiger partial charge is 0.428 e. The number of phenolic OH excluding ortho intramolecular Hbond substituents is 1. The summed E-state index contributed by atoms with van der Waals surface area (Å²) in [6, 6.07) is 2.76. The van der Waals surface area contributed by atoms with Crippen molar-refractivity contribution >= 4 is 68.4 Å². The first-order valence-electron chi connectivity index (χ1n) is 3.77. The van der Waals surface area contributed by atoms with Crippen molar-refractivity contribution in [3.8, 4) is 11.5 Å². The van der Waals surface area contributed by atoms with Gasteiger partial charge in [-0.05, 0) is 57.3 Å². The van der Waals surface area contributed by atoms with Gasteiger partial charge in [0.1, 0.15) is 11.5 Å². The van der Waals surface area contributed by atoms with E-state index < -0.39 is 10.9 Å². The fourth-order valence-corrected chi connectivity index (χ4v) is 2.43. The Balaban J connectivity index is 3.04. The van der Waals surface area contributed by atoms with Gasteiger partial charge in [0, 0.05) is 0 Å². The minimum Gasteiger partial charge on any atom is -0.506 e. The second kappa shape index (κ2) is 5.57.